The van der Waals surface area contributed by atoms with Crippen molar-refractivity contribution in [3.05, 3.63) is 12.1 Å². The first-order valence-corrected chi connectivity index (χ1v) is 8.03. The average Bonchev–Trinajstić information content (AvgIpc) is 2.97. The number of sulfonamides is 1. The van der Waals surface area contributed by atoms with Crippen molar-refractivity contribution < 1.29 is 22.7 Å². The first kappa shape index (κ1) is 14.0. The lowest BCUT2D eigenvalue weighted by Crippen LogP contribution is -2.34. The van der Waals surface area contributed by atoms with E-state index in [9.17, 15) is 13.2 Å². The Morgan fingerprint density at radius 3 is 2.71 bits per heavy atom. The van der Waals surface area contributed by atoms with Crippen LogP contribution < -0.4 is 20.5 Å². The monoisotopic (exact) mass is 313 g/mol. The fourth-order valence-electron chi connectivity index (χ4n) is 2.28. The Morgan fingerprint density at radius 2 is 2.05 bits per heavy atom. The van der Waals surface area contributed by atoms with Crippen LogP contribution >= 0.6 is 0 Å². The number of nitrogens with zero attached hydrogens (tertiary/aromatic N) is 1. The largest absolute Gasteiger partial charge is 0.454 e. The van der Waals surface area contributed by atoms with Gasteiger partial charge in [-0.3, -0.25) is 4.79 Å². The van der Waals surface area contributed by atoms with E-state index < -0.39 is 15.9 Å². The summed E-state index contributed by atoms with van der Waals surface area (Å²) in [6.45, 7) is 0.265. The highest BCUT2D eigenvalue weighted by Crippen LogP contribution is 2.38. The molecule has 0 saturated carbocycles. The van der Waals surface area contributed by atoms with E-state index in [2.05, 4.69) is 5.32 Å². The van der Waals surface area contributed by atoms with Crippen LogP contribution in [-0.2, 0) is 14.8 Å². The Kier molecular flexibility index (Phi) is 3.38. The van der Waals surface area contributed by atoms with Gasteiger partial charge in [0.05, 0.1) is 23.7 Å². The zero-order valence-electron chi connectivity index (χ0n) is 11.2. The summed E-state index contributed by atoms with van der Waals surface area (Å²) in [6.07, 6.45) is 0.543. The maximum absolute atomic E-state index is 12.0. The smallest absolute Gasteiger partial charge is 0.239 e. The molecule has 21 heavy (non-hydrogen) atoms. The van der Waals surface area contributed by atoms with Gasteiger partial charge in [0.15, 0.2) is 11.5 Å². The molecule has 0 bridgehead atoms. The number of nitrogen functional groups attached to an aromatic ring is 1. The number of ether oxygens (including phenoxy) is 2. The minimum absolute atomic E-state index is 0.0897. The van der Waals surface area contributed by atoms with Crippen LogP contribution in [0.1, 0.15) is 6.42 Å². The van der Waals surface area contributed by atoms with E-state index in [0.717, 1.165) is 0 Å². The molecule has 2 aliphatic rings. The predicted octanol–water partition coefficient (Wildman–Crippen LogP) is -0.0285. The molecule has 0 atom stereocenters. The first-order chi connectivity index (χ1) is 9.95. The lowest BCUT2D eigenvalue weighted by Gasteiger charge is -2.15. The quantitative estimate of drug-likeness (QED) is 0.758. The van der Waals surface area contributed by atoms with Gasteiger partial charge in [0, 0.05) is 18.7 Å². The molecule has 2 heterocycles. The van der Waals surface area contributed by atoms with Crippen molar-refractivity contribution in [1.29, 1.82) is 0 Å². The molecule has 1 aromatic rings. The third-order valence-corrected chi connectivity index (χ3v) is 5.25. The summed E-state index contributed by atoms with van der Waals surface area (Å²) >= 11 is 0. The Hall–Kier alpha value is -2.00. The van der Waals surface area contributed by atoms with Crippen LogP contribution in [0.15, 0.2) is 12.1 Å². The van der Waals surface area contributed by atoms with Gasteiger partial charge in [-0.05, 0) is 6.42 Å². The molecule has 9 heteroatoms. The molecule has 3 N–H and O–H groups in total. The number of carbonyl (C=O) groups is 1. The Labute approximate surface area is 121 Å². The minimum Gasteiger partial charge on any atom is -0.454 e. The molecule has 2 aliphatic heterocycles. The third-order valence-electron chi connectivity index (χ3n) is 3.34. The van der Waals surface area contributed by atoms with Crippen molar-refractivity contribution in [1.82, 2.24) is 4.31 Å². The third kappa shape index (κ3) is 2.74. The van der Waals surface area contributed by atoms with Gasteiger partial charge in [-0.1, -0.05) is 0 Å². The van der Waals surface area contributed by atoms with Crippen LogP contribution in [-0.4, -0.2) is 44.3 Å². The molecule has 114 valence electrons. The predicted molar refractivity (Wildman–Crippen MR) is 75.6 cm³/mol. The molecule has 8 nitrogen and oxygen atoms in total. The lowest BCUT2D eigenvalue weighted by atomic mass is 10.2. The molecule has 0 aromatic heterocycles. The van der Waals surface area contributed by atoms with Gasteiger partial charge in [-0.15, -0.1) is 0 Å². The van der Waals surface area contributed by atoms with Crippen LogP contribution in [0.25, 0.3) is 0 Å². The van der Waals surface area contributed by atoms with Crippen LogP contribution in [0.3, 0.4) is 0 Å². The van der Waals surface area contributed by atoms with Gasteiger partial charge in [0.2, 0.25) is 22.7 Å². The minimum atomic E-state index is -3.30. The number of benzene rings is 1. The second-order valence-electron chi connectivity index (χ2n) is 4.84. The van der Waals surface area contributed by atoms with Gasteiger partial charge < -0.3 is 20.5 Å². The van der Waals surface area contributed by atoms with Crippen molar-refractivity contribution in [2.24, 2.45) is 0 Å². The van der Waals surface area contributed by atoms with Crippen LogP contribution in [0.5, 0.6) is 11.5 Å². The SMILES string of the molecule is Nc1cc2c(cc1NC(=O)CN1CCCS1(=O)=O)OCO2. The molecule has 3 rings (SSSR count). The summed E-state index contributed by atoms with van der Waals surface area (Å²) in [6, 6.07) is 3.12. The first-order valence-electron chi connectivity index (χ1n) is 6.42. The highest BCUT2D eigenvalue weighted by atomic mass is 32.2. The van der Waals surface area contributed by atoms with Gasteiger partial charge >= 0.3 is 0 Å². The number of nitrogens with one attached hydrogen (secondary N) is 1. The average molecular weight is 313 g/mol. The lowest BCUT2D eigenvalue weighted by molar-refractivity contribution is -0.116. The normalized spacial score (nSPS) is 19.6. The number of hydrogen-bond acceptors (Lipinski definition) is 6. The summed E-state index contributed by atoms with van der Waals surface area (Å²) in [4.78, 5) is 12.0. The molecule has 1 saturated heterocycles. The molecular weight excluding hydrogens is 298 g/mol. The van der Waals surface area contributed by atoms with E-state index in [1.165, 1.54) is 4.31 Å². The Balaban J connectivity index is 1.71. The summed E-state index contributed by atoms with van der Waals surface area (Å²) in [5.74, 6) is 0.666. The number of carbonyl (C=O) groups excluding carboxylic acids is 1. The van der Waals surface area contributed by atoms with E-state index in [0.29, 0.717) is 35.8 Å². The Morgan fingerprint density at radius 1 is 1.33 bits per heavy atom. The zero-order chi connectivity index (χ0) is 15.0. The molecule has 0 spiro atoms. The van der Waals surface area contributed by atoms with Gasteiger partial charge in [-0.2, -0.15) is 4.31 Å². The van der Waals surface area contributed by atoms with E-state index >= 15 is 0 Å². The van der Waals surface area contributed by atoms with Crippen molar-refractivity contribution in [3.63, 3.8) is 0 Å². The second kappa shape index (κ2) is 5.08. The Bertz CT molecular complexity index is 688. The van der Waals surface area contributed by atoms with E-state index in [1.807, 2.05) is 0 Å². The number of rotatable bonds is 3. The number of anilines is 2. The van der Waals surface area contributed by atoms with Crippen molar-refractivity contribution in [2.45, 2.75) is 6.42 Å². The van der Waals surface area contributed by atoms with Crippen molar-refractivity contribution >= 4 is 27.3 Å². The molecule has 0 radical (unpaired) electrons. The van der Waals surface area contributed by atoms with Crippen LogP contribution in [0.4, 0.5) is 11.4 Å². The van der Waals surface area contributed by atoms with Crippen LogP contribution in [0.2, 0.25) is 0 Å². The number of hydrogen-bond donors (Lipinski definition) is 2. The standard InChI is InChI=1S/C12H15N3O5S/c13-8-4-10-11(20-7-19-10)5-9(8)14-12(16)6-15-2-1-3-21(15,17)18/h4-5H,1-3,6-7,13H2,(H,14,16). The molecular formula is C12H15N3O5S. The van der Waals surface area contributed by atoms with Crippen molar-refractivity contribution in [2.75, 3.05) is 36.7 Å². The maximum Gasteiger partial charge on any atom is 0.239 e. The van der Waals surface area contributed by atoms with E-state index in [1.54, 1.807) is 12.1 Å². The molecule has 1 aromatic carbocycles. The summed E-state index contributed by atoms with van der Waals surface area (Å²) in [5.41, 5.74) is 6.53. The number of amides is 1. The zero-order valence-corrected chi connectivity index (χ0v) is 12.0. The molecule has 1 fully saturated rings. The maximum atomic E-state index is 12.0. The topological polar surface area (TPSA) is 111 Å². The van der Waals surface area contributed by atoms with Gasteiger partial charge in [0.1, 0.15) is 0 Å². The molecule has 1 amide bonds. The summed E-state index contributed by atoms with van der Waals surface area (Å²) in [5, 5.41) is 2.60. The van der Waals surface area contributed by atoms with Crippen LogP contribution in [0, 0.1) is 0 Å². The van der Waals surface area contributed by atoms with Crippen molar-refractivity contribution in [3.8, 4) is 11.5 Å². The second-order valence-corrected chi connectivity index (χ2v) is 6.93. The number of fused-ring (bicyclic) bond motifs is 1. The highest BCUT2D eigenvalue weighted by molar-refractivity contribution is 7.89. The molecule has 0 aliphatic carbocycles. The summed E-state index contributed by atoms with van der Waals surface area (Å²) < 4.78 is 34.9. The fraction of sp³-hybridized carbons (Fsp3) is 0.417. The molecule has 0 unspecified atom stereocenters. The number of nitrogens with two attached hydrogens (primary N) is 1. The van der Waals surface area contributed by atoms with Gasteiger partial charge in [0.25, 0.3) is 0 Å². The van der Waals surface area contributed by atoms with Gasteiger partial charge in [-0.25, -0.2) is 8.42 Å². The van der Waals surface area contributed by atoms with E-state index in [4.69, 9.17) is 15.2 Å². The highest BCUT2D eigenvalue weighted by Gasteiger charge is 2.30. The van der Waals surface area contributed by atoms with E-state index in [-0.39, 0.29) is 19.1 Å². The summed E-state index contributed by atoms with van der Waals surface area (Å²) in [7, 11) is -3.30. The fourth-order valence-corrected chi connectivity index (χ4v) is 3.76.